The number of hydrogen-bond donors (Lipinski definition) is 2. The van der Waals surface area contributed by atoms with Crippen LogP contribution in [-0.2, 0) is 9.59 Å². The second kappa shape index (κ2) is 7.26. The molecular formula is C17H23N3O3. The third kappa shape index (κ3) is 4.09. The molecule has 1 aliphatic rings. The van der Waals surface area contributed by atoms with Crippen molar-refractivity contribution in [3.63, 3.8) is 0 Å². The number of amides is 4. The van der Waals surface area contributed by atoms with Gasteiger partial charge in [-0.1, -0.05) is 39.3 Å². The number of nitrogens with zero attached hydrogens (tertiary/aromatic N) is 1. The Bertz CT molecular complexity index is 596. The van der Waals surface area contributed by atoms with Crippen molar-refractivity contribution in [3.8, 4) is 0 Å². The number of anilines is 1. The summed E-state index contributed by atoms with van der Waals surface area (Å²) in [6, 6.07) is 6.53. The van der Waals surface area contributed by atoms with Crippen molar-refractivity contribution in [2.75, 3.05) is 11.9 Å². The lowest BCUT2D eigenvalue weighted by molar-refractivity contribution is -0.130. The Morgan fingerprint density at radius 2 is 1.91 bits per heavy atom. The molecule has 1 aromatic rings. The summed E-state index contributed by atoms with van der Waals surface area (Å²) in [6.07, 6.45) is 1.37. The summed E-state index contributed by atoms with van der Waals surface area (Å²) in [4.78, 5) is 36.9. The van der Waals surface area contributed by atoms with Gasteiger partial charge in [0.1, 0.15) is 12.6 Å². The fourth-order valence-corrected chi connectivity index (χ4v) is 2.51. The first kappa shape index (κ1) is 17.0. The number of carbonyl (C=O) groups excluding carboxylic acids is 3. The topological polar surface area (TPSA) is 78.5 Å². The minimum Gasteiger partial charge on any atom is -0.326 e. The van der Waals surface area contributed by atoms with Gasteiger partial charge in [-0.05, 0) is 30.0 Å². The van der Waals surface area contributed by atoms with Gasteiger partial charge in [-0.25, -0.2) is 4.79 Å². The maximum Gasteiger partial charge on any atom is 0.325 e. The van der Waals surface area contributed by atoms with Gasteiger partial charge in [0, 0.05) is 5.69 Å². The third-order valence-electron chi connectivity index (χ3n) is 3.85. The molecule has 0 radical (unpaired) electrons. The first-order valence-electron chi connectivity index (χ1n) is 7.94. The maximum absolute atomic E-state index is 12.1. The van der Waals surface area contributed by atoms with Gasteiger partial charge in [0.2, 0.25) is 5.91 Å². The van der Waals surface area contributed by atoms with Crippen LogP contribution < -0.4 is 10.6 Å². The predicted molar refractivity (Wildman–Crippen MR) is 88.1 cm³/mol. The standard InChI is InChI=1S/C17H23N3O3/c1-4-5-14-16(22)20(17(23)19-14)10-15(21)18-13-8-6-12(7-9-13)11(2)3/h6-9,11,14H,4-5,10H2,1-3H3,(H,18,21)(H,19,23)/t14-/m0/s1. The summed E-state index contributed by atoms with van der Waals surface area (Å²) < 4.78 is 0. The van der Waals surface area contributed by atoms with Crippen LogP contribution in [0, 0.1) is 0 Å². The van der Waals surface area contributed by atoms with Crippen LogP contribution in [0.1, 0.15) is 45.1 Å². The van der Waals surface area contributed by atoms with E-state index in [4.69, 9.17) is 0 Å². The number of nitrogens with one attached hydrogen (secondary N) is 2. The van der Waals surface area contributed by atoms with E-state index in [1.807, 2.05) is 31.2 Å². The van der Waals surface area contributed by atoms with Gasteiger partial charge < -0.3 is 10.6 Å². The average Bonchev–Trinajstić information content (AvgIpc) is 2.76. The Labute approximate surface area is 136 Å². The Morgan fingerprint density at radius 1 is 1.26 bits per heavy atom. The van der Waals surface area contributed by atoms with Gasteiger partial charge in [-0.3, -0.25) is 14.5 Å². The zero-order chi connectivity index (χ0) is 17.0. The highest BCUT2D eigenvalue weighted by Crippen LogP contribution is 2.17. The van der Waals surface area contributed by atoms with E-state index in [0.717, 1.165) is 11.3 Å². The molecule has 1 heterocycles. The van der Waals surface area contributed by atoms with E-state index in [1.54, 1.807) is 0 Å². The molecule has 0 aromatic heterocycles. The average molecular weight is 317 g/mol. The number of rotatable bonds is 6. The van der Waals surface area contributed by atoms with Crippen LogP contribution in [-0.4, -0.2) is 35.3 Å². The number of imide groups is 1. The predicted octanol–water partition coefficient (Wildman–Crippen LogP) is 2.47. The minimum absolute atomic E-state index is 0.267. The van der Waals surface area contributed by atoms with Gasteiger partial charge in [0.15, 0.2) is 0 Å². The molecule has 0 aliphatic carbocycles. The molecule has 0 saturated carbocycles. The SMILES string of the molecule is CCC[C@@H]1NC(=O)N(CC(=O)Nc2ccc(C(C)C)cc2)C1=O. The molecule has 1 saturated heterocycles. The van der Waals surface area contributed by atoms with Crippen LogP contribution in [0.25, 0.3) is 0 Å². The molecule has 6 heteroatoms. The lowest BCUT2D eigenvalue weighted by atomic mass is 10.0. The van der Waals surface area contributed by atoms with Crippen LogP contribution in [0.4, 0.5) is 10.5 Å². The van der Waals surface area contributed by atoms with Crippen LogP contribution in [0.2, 0.25) is 0 Å². The molecule has 1 aromatic carbocycles. The van der Waals surface area contributed by atoms with E-state index in [-0.39, 0.29) is 18.4 Å². The zero-order valence-electron chi connectivity index (χ0n) is 13.8. The third-order valence-corrected chi connectivity index (χ3v) is 3.85. The summed E-state index contributed by atoms with van der Waals surface area (Å²) in [5.74, 6) is -0.300. The van der Waals surface area contributed by atoms with Crippen molar-refractivity contribution in [2.24, 2.45) is 0 Å². The molecule has 23 heavy (non-hydrogen) atoms. The molecule has 6 nitrogen and oxygen atoms in total. The fraction of sp³-hybridized carbons (Fsp3) is 0.471. The largest absolute Gasteiger partial charge is 0.326 e. The molecule has 2 rings (SSSR count). The van der Waals surface area contributed by atoms with Crippen LogP contribution in [0.15, 0.2) is 24.3 Å². The van der Waals surface area contributed by atoms with Crippen LogP contribution in [0.5, 0.6) is 0 Å². The highest BCUT2D eigenvalue weighted by Gasteiger charge is 2.38. The second-order valence-electron chi connectivity index (χ2n) is 6.04. The van der Waals surface area contributed by atoms with Crippen LogP contribution >= 0.6 is 0 Å². The molecule has 4 amide bonds. The van der Waals surface area contributed by atoms with E-state index in [9.17, 15) is 14.4 Å². The highest BCUT2D eigenvalue weighted by atomic mass is 16.2. The van der Waals surface area contributed by atoms with E-state index in [0.29, 0.717) is 18.0 Å². The second-order valence-corrected chi connectivity index (χ2v) is 6.04. The quantitative estimate of drug-likeness (QED) is 0.791. The summed E-state index contributed by atoms with van der Waals surface area (Å²) in [6.45, 7) is 5.86. The van der Waals surface area contributed by atoms with Crippen molar-refractivity contribution in [1.82, 2.24) is 10.2 Å². The lowest BCUT2D eigenvalue weighted by Gasteiger charge is -2.13. The number of carbonyl (C=O) groups is 3. The van der Waals surface area contributed by atoms with E-state index >= 15 is 0 Å². The van der Waals surface area contributed by atoms with Gasteiger partial charge in [0.25, 0.3) is 5.91 Å². The Hall–Kier alpha value is -2.37. The maximum atomic E-state index is 12.1. The van der Waals surface area contributed by atoms with E-state index in [1.165, 1.54) is 5.56 Å². The van der Waals surface area contributed by atoms with Crippen molar-refractivity contribution in [3.05, 3.63) is 29.8 Å². The van der Waals surface area contributed by atoms with Gasteiger partial charge in [-0.15, -0.1) is 0 Å². The fourth-order valence-electron chi connectivity index (χ4n) is 2.51. The highest BCUT2D eigenvalue weighted by molar-refractivity contribution is 6.07. The normalized spacial score (nSPS) is 17.6. The zero-order valence-corrected chi connectivity index (χ0v) is 13.8. The Kier molecular flexibility index (Phi) is 5.36. The molecule has 2 N–H and O–H groups in total. The van der Waals surface area contributed by atoms with E-state index < -0.39 is 12.1 Å². The van der Waals surface area contributed by atoms with Crippen molar-refractivity contribution in [2.45, 2.75) is 45.6 Å². The van der Waals surface area contributed by atoms with Crippen molar-refractivity contribution in [1.29, 1.82) is 0 Å². The first-order valence-corrected chi connectivity index (χ1v) is 7.94. The molecule has 0 spiro atoms. The van der Waals surface area contributed by atoms with Gasteiger partial charge in [0.05, 0.1) is 0 Å². The first-order chi connectivity index (χ1) is 10.9. The van der Waals surface area contributed by atoms with E-state index in [2.05, 4.69) is 24.5 Å². The summed E-state index contributed by atoms with van der Waals surface area (Å²) in [5, 5.41) is 5.31. The molecule has 1 atom stereocenters. The molecule has 0 bridgehead atoms. The molecular weight excluding hydrogens is 294 g/mol. The number of benzene rings is 1. The Morgan fingerprint density at radius 3 is 2.48 bits per heavy atom. The van der Waals surface area contributed by atoms with Crippen molar-refractivity contribution < 1.29 is 14.4 Å². The number of hydrogen-bond acceptors (Lipinski definition) is 3. The van der Waals surface area contributed by atoms with Crippen LogP contribution in [0.3, 0.4) is 0 Å². The number of urea groups is 1. The summed E-state index contributed by atoms with van der Waals surface area (Å²) >= 11 is 0. The monoisotopic (exact) mass is 317 g/mol. The molecule has 1 fully saturated rings. The van der Waals surface area contributed by atoms with Gasteiger partial charge >= 0.3 is 6.03 Å². The summed E-state index contributed by atoms with van der Waals surface area (Å²) in [5.41, 5.74) is 1.83. The smallest absolute Gasteiger partial charge is 0.325 e. The molecule has 0 unspecified atom stereocenters. The minimum atomic E-state index is -0.509. The molecule has 124 valence electrons. The molecule has 1 aliphatic heterocycles. The van der Waals surface area contributed by atoms with Crippen molar-refractivity contribution >= 4 is 23.5 Å². The summed E-state index contributed by atoms with van der Waals surface area (Å²) in [7, 11) is 0. The Balaban J connectivity index is 1.94. The van der Waals surface area contributed by atoms with Gasteiger partial charge in [-0.2, -0.15) is 0 Å². The lowest BCUT2D eigenvalue weighted by Crippen LogP contribution is -2.38.